The summed E-state index contributed by atoms with van der Waals surface area (Å²) in [5.74, 6) is -0.536. The number of nitrogens with one attached hydrogen (secondary N) is 2. The van der Waals surface area contributed by atoms with Crippen LogP contribution in [0.3, 0.4) is 0 Å². The number of ether oxygens (including phenoxy) is 1. The molecular formula is C18H15N5O6S. The van der Waals surface area contributed by atoms with Gasteiger partial charge in [0.15, 0.2) is 0 Å². The summed E-state index contributed by atoms with van der Waals surface area (Å²) < 4.78 is 32.3. The van der Waals surface area contributed by atoms with E-state index in [0.29, 0.717) is 5.69 Å². The molecule has 0 bridgehead atoms. The molecule has 0 spiro atoms. The van der Waals surface area contributed by atoms with Gasteiger partial charge < -0.3 is 10.1 Å². The van der Waals surface area contributed by atoms with Crippen molar-refractivity contribution in [3.05, 3.63) is 76.6 Å². The van der Waals surface area contributed by atoms with Crippen molar-refractivity contribution in [3.63, 3.8) is 0 Å². The van der Waals surface area contributed by atoms with Crippen molar-refractivity contribution in [1.29, 1.82) is 0 Å². The van der Waals surface area contributed by atoms with Crippen molar-refractivity contribution in [3.8, 4) is 5.88 Å². The first-order valence-electron chi connectivity index (χ1n) is 8.34. The Morgan fingerprint density at radius 1 is 1.03 bits per heavy atom. The van der Waals surface area contributed by atoms with Crippen molar-refractivity contribution >= 4 is 33.1 Å². The molecule has 0 aliphatic rings. The van der Waals surface area contributed by atoms with Gasteiger partial charge in [-0.15, -0.1) is 0 Å². The maximum Gasteiger partial charge on any atom is 0.269 e. The number of hydrogen-bond acceptors (Lipinski definition) is 8. The van der Waals surface area contributed by atoms with Crippen molar-refractivity contribution in [2.24, 2.45) is 0 Å². The van der Waals surface area contributed by atoms with Gasteiger partial charge in [-0.2, -0.15) is 0 Å². The first-order valence-corrected chi connectivity index (χ1v) is 9.82. The van der Waals surface area contributed by atoms with Gasteiger partial charge in [-0.1, -0.05) is 0 Å². The molecule has 11 nitrogen and oxygen atoms in total. The van der Waals surface area contributed by atoms with Crippen LogP contribution in [0.15, 0.2) is 65.8 Å². The molecular weight excluding hydrogens is 414 g/mol. The number of non-ortho nitro benzene ring substituents is 1. The molecule has 0 unspecified atom stereocenters. The minimum atomic E-state index is -3.97. The second kappa shape index (κ2) is 8.53. The maximum atomic E-state index is 12.5. The van der Waals surface area contributed by atoms with E-state index in [0.717, 1.165) is 0 Å². The van der Waals surface area contributed by atoms with Gasteiger partial charge in [0.25, 0.3) is 27.5 Å². The molecule has 1 heterocycles. The van der Waals surface area contributed by atoms with Gasteiger partial charge in [0.2, 0.25) is 5.82 Å². The zero-order chi connectivity index (χ0) is 21.7. The quantitative estimate of drug-likeness (QED) is 0.429. The lowest BCUT2D eigenvalue weighted by Gasteiger charge is -2.10. The molecule has 0 radical (unpaired) electrons. The van der Waals surface area contributed by atoms with E-state index >= 15 is 0 Å². The Hall–Kier alpha value is -4.06. The fraction of sp³-hybridized carbons (Fsp3) is 0.0556. The van der Waals surface area contributed by atoms with Crippen LogP contribution in [0.4, 0.5) is 17.2 Å². The largest absolute Gasteiger partial charge is 0.478 e. The average Bonchev–Trinajstić information content (AvgIpc) is 2.74. The molecule has 0 saturated carbocycles. The summed E-state index contributed by atoms with van der Waals surface area (Å²) in [6, 6.07) is 10.5. The number of nitro groups is 1. The standard InChI is InChI=1S/C18H15N5O6S/c1-29-18-16(19-10-11-20-18)22-30(27,28)15-8-4-13(5-9-15)21-17(24)12-2-6-14(7-3-12)23(25)26/h2-11H,1H3,(H,19,22)(H,21,24). The molecule has 0 fully saturated rings. The number of benzene rings is 2. The molecule has 3 aromatic rings. The molecule has 0 aliphatic heterocycles. The van der Waals surface area contributed by atoms with Crippen LogP contribution in [0.1, 0.15) is 10.4 Å². The van der Waals surface area contributed by atoms with E-state index in [-0.39, 0.29) is 27.8 Å². The molecule has 2 aromatic carbocycles. The zero-order valence-corrected chi connectivity index (χ0v) is 16.3. The monoisotopic (exact) mass is 429 g/mol. The van der Waals surface area contributed by atoms with E-state index < -0.39 is 20.9 Å². The van der Waals surface area contributed by atoms with Crippen LogP contribution in [0.2, 0.25) is 0 Å². The third-order valence-electron chi connectivity index (χ3n) is 3.85. The van der Waals surface area contributed by atoms with E-state index in [1.165, 1.54) is 68.0 Å². The number of rotatable bonds is 7. The first-order chi connectivity index (χ1) is 14.3. The van der Waals surface area contributed by atoms with Crippen LogP contribution in [0.25, 0.3) is 0 Å². The Morgan fingerprint density at radius 2 is 1.67 bits per heavy atom. The van der Waals surface area contributed by atoms with Crippen LogP contribution in [-0.4, -0.2) is 36.3 Å². The highest BCUT2D eigenvalue weighted by Crippen LogP contribution is 2.22. The number of anilines is 2. The maximum absolute atomic E-state index is 12.5. The van der Waals surface area contributed by atoms with E-state index in [1.54, 1.807) is 0 Å². The number of nitrogens with zero attached hydrogens (tertiary/aromatic N) is 3. The Bertz CT molecular complexity index is 1180. The Kier molecular flexibility index (Phi) is 5.88. The van der Waals surface area contributed by atoms with Crippen LogP contribution >= 0.6 is 0 Å². The molecule has 2 N–H and O–H groups in total. The second-order valence-electron chi connectivity index (χ2n) is 5.80. The summed E-state index contributed by atoms with van der Waals surface area (Å²) in [7, 11) is -2.63. The van der Waals surface area contributed by atoms with Crippen molar-refractivity contribution < 1.29 is 22.9 Å². The summed E-state index contributed by atoms with van der Waals surface area (Å²) >= 11 is 0. The molecule has 0 aliphatic carbocycles. The minimum absolute atomic E-state index is 0.0213. The van der Waals surface area contributed by atoms with E-state index in [9.17, 15) is 23.3 Å². The van der Waals surface area contributed by atoms with Gasteiger partial charge in [-0.3, -0.25) is 19.6 Å². The molecule has 0 atom stereocenters. The number of carbonyl (C=O) groups is 1. The summed E-state index contributed by atoms with van der Waals surface area (Å²) in [6.45, 7) is 0. The normalized spacial score (nSPS) is 10.8. The molecule has 0 saturated heterocycles. The predicted octanol–water partition coefficient (Wildman–Crippen LogP) is 2.45. The van der Waals surface area contributed by atoms with Crippen molar-refractivity contribution in [1.82, 2.24) is 9.97 Å². The lowest BCUT2D eigenvalue weighted by Crippen LogP contribution is -2.15. The summed E-state index contributed by atoms with van der Waals surface area (Å²) in [4.78, 5) is 30.1. The lowest BCUT2D eigenvalue weighted by molar-refractivity contribution is -0.384. The van der Waals surface area contributed by atoms with Gasteiger partial charge in [0.1, 0.15) is 0 Å². The molecule has 1 amide bonds. The van der Waals surface area contributed by atoms with Crippen LogP contribution in [0, 0.1) is 10.1 Å². The SMILES string of the molecule is COc1nccnc1NS(=O)(=O)c1ccc(NC(=O)c2ccc([N+](=O)[O-])cc2)cc1. The lowest BCUT2D eigenvalue weighted by atomic mass is 10.2. The predicted molar refractivity (Wildman–Crippen MR) is 107 cm³/mol. The highest BCUT2D eigenvalue weighted by Gasteiger charge is 2.18. The number of methoxy groups -OCH3 is 1. The second-order valence-corrected chi connectivity index (χ2v) is 7.48. The molecule has 3 rings (SSSR count). The van der Waals surface area contributed by atoms with Crippen LogP contribution in [-0.2, 0) is 10.0 Å². The topological polar surface area (TPSA) is 153 Å². The Morgan fingerprint density at radius 3 is 2.27 bits per heavy atom. The highest BCUT2D eigenvalue weighted by molar-refractivity contribution is 7.92. The van der Waals surface area contributed by atoms with Gasteiger partial charge in [0.05, 0.1) is 16.9 Å². The van der Waals surface area contributed by atoms with E-state index in [4.69, 9.17) is 4.74 Å². The third-order valence-corrected chi connectivity index (χ3v) is 5.21. The Labute approximate surface area is 171 Å². The summed E-state index contributed by atoms with van der Waals surface area (Å²) in [6.07, 6.45) is 2.68. The summed E-state index contributed by atoms with van der Waals surface area (Å²) in [5, 5.41) is 13.3. The third kappa shape index (κ3) is 4.67. The van der Waals surface area contributed by atoms with Crippen LogP contribution in [0.5, 0.6) is 5.88 Å². The van der Waals surface area contributed by atoms with Gasteiger partial charge in [-0.05, 0) is 36.4 Å². The van der Waals surface area contributed by atoms with Gasteiger partial charge in [0, 0.05) is 35.8 Å². The van der Waals surface area contributed by atoms with Crippen LogP contribution < -0.4 is 14.8 Å². The molecule has 12 heteroatoms. The molecule has 30 heavy (non-hydrogen) atoms. The van der Waals surface area contributed by atoms with Crippen molar-refractivity contribution in [2.45, 2.75) is 4.90 Å². The van der Waals surface area contributed by atoms with Gasteiger partial charge >= 0.3 is 0 Å². The first kappa shape index (κ1) is 20.7. The Balaban J connectivity index is 1.72. The van der Waals surface area contributed by atoms with E-state index in [2.05, 4.69) is 20.0 Å². The fourth-order valence-electron chi connectivity index (χ4n) is 2.39. The van der Waals surface area contributed by atoms with E-state index in [1.807, 2.05) is 0 Å². The number of nitro benzene ring substituents is 1. The average molecular weight is 429 g/mol. The number of aromatic nitrogens is 2. The van der Waals surface area contributed by atoms with Crippen molar-refractivity contribution in [2.75, 3.05) is 17.1 Å². The van der Waals surface area contributed by atoms with Gasteiger partial charge in [-0.25, -0.2) is 18.4 Å². The number of amides is 1. The highest BCUT2D eigenvalue weighted by atomic mass is 32.2. The minimum Gasteiger partial charge on any atom is -0.478 e. The zero-order valence-electron chi connectivity index (χ0n) is 15.5. The number of carbonyl (C=O) groups excluding carboxylic acids is 1. The number of sulfonamides is 1. The summed E-state index contributed by atoms with van der Waals surface area (Å²) in [5.41, 5.74) is 0.427. The molecule has 154 valence electrons. The smallest absolute Gasteiger partial charge is 0.269 e. The molecule has 1 aromatic heterocycles. The number of hydrogen-bond donors (Lipinski definition) is 2. The fourth-order valence-corrected chi connectivity index (χ4v) is 3.39.